The topological polar surface area (TPSA) is 91.5 Å². The summed E-state index contributed by atoms with van der Waals surface area (Å²) < 4.78 is 15.7. The zero-order chi connectivity index (χ0) is 39.3. The standard InChI is InChI=1S/C45H55ClFN7O3/c1-31-27-45(30-54(31)36-7-2-4-33(46)25-36)14-16-52(17-15-45)40-10-8-32(24-38(40)47)43(57)53-18-12-44(13-19-53)28-37(29-44)51-22-20-50(21-23-51)35-6-3-5-34(26-35)48-39-9-11-41(55)49-42(39)56/h2-8,10,24-26,31,37,39,48H,9,11-23,27-30H2,1H3,(H,49,55,56)/t31-,39?/m0/s1. The Kier molecular flexibility index (Phi) is 10.3. The molecule has 3 aromatic rings. The van der Waals surface area contributed by atoms with Crippen molar-refractivity contribution < 1.29 is 18.8 Å². The number of nitrogens with zero attached hydrogens (tertiary/aromatic N) is 5. The molecule has 12 heteroatoms. The van der Waals surface area contributed by atoms with Crippen LogP contribution in [0, 0.1) is 16.6 Å². The lowest BCUT2D eigenvalue weighted by molar-refractivity contribution is -0.133. The van der Waals surface area contributed by atoms with Gasteiger partial charge in [0, 0.05) is 105 Å². The van der Waals surface area contributed by atoms with E-state index in [0.717, 1.165) is 107 Å². The van der Waals surface area contributed by atoms with Crippen LogP contribution in [0.15, 0.2) is 66.7 Å². The number of benzene rings is 3. The third-order valence-electron chi connectivity index (χ3n) is 14.3. The molecule has 2 spiro atoms. The summed E-state index contributed by atoms with van der Waals surface area (Å²) in [5, 5.41) is 6.49. The average molecular weight is 796 g/mol. The molecule has 0 aromatic heterocycles. The van der Waals surface area contributed by atoms with Crippen molar-refractivity contribution in [3.8, 4) is 0 Å². The zero-order valence-electron chi connectivity index (χ0n) is 33.0. The molecule has 302 valence electrons. The minimum absolute atomic E-state index is 0.0580. The van der Waals surface area contributed by atoms with E-state index in [0.29, 0.717) is 41.6 Å². The van der Waals surface area contributed by atoms with Crippen LogP contribution >= 0.6 is 11.6 Å². The van der Waals surface area contributed by atoms with E-state index in [1.165, 1.54) is 24.6 Å². The second-order valence-corrected chi connectivity index (χ2v) is 18.3. The smallest absolute Gasteiger partial charge is 0.253 e. The van der Waals surface area contributed by atoms with Crippen molar-refractivity contribution in [3.63, 3.8) is 0 Å². The maximum atomic E-state index is 15.7. The van der Waals surface area contributed by atoms with Gasteiger partial charge in [-0.3, -0.25) is 24.6 Å². The molecule has 5 aliphatic heterocycles. The second kappa shape index (κ2) is 15.4. The van der Waals surface area contributed by atoms with Gasteiger partial charge in [0.05, 0.1) is 5.69 Å². The predicted octanol–water partition coefficient (Wildman–Crippen LogP) is 6.79. The highest BCUT2D eigenvalue weighted by Gasteiger charge is 2.49. The van der Waals surface area contributed by atoms with E-state index in [4.69, 9.17) is 11.6 Å². The van der Waals surface area contributed by atoms with Gasteiger partial charge in [-0.15, -0.1) is 0 Å². The Labute approximate surface area is 340 Å². The van der Waals surface area contributed by atoms with Gasteiger partial charge >= 0.3 is 0 Å². The van der Waals surface area contributed by atoms with E-state index in [-0.39, 0.29) is 29.0 Å². The summed E-state index contributed by atoms with van der Waals surface area (Å²) in [6.07, 6.45) is 8.39. The Hall–Kier alpha value is -4.35. The Morgan fingerprint density at radius 2 is 1.53 bits per heavy atom. The van der Waals surface area contributed by atoms with Crippen LogP contribution in [0.25, 0.3) is 0 Å². The monoisotopic (exact) mass is 795 g/mol. The van der Waals surface area contributed by atoms with Gasteiger partial charge in [-0.2, -0.15) is 0 Å². The molecule has 3 aromatic carbocycles. The number of anilines is 4. The summed E-state index contributed by atoms with van der Waals surface area (Å²) in [5.41, 5.74) is 4.79. The van der Waals surface area contributed by atoms with E-state index >= 15 is 4.39 Å². The minimum atomic E-state index is -0.394. The molecule has 9 rings (SSSR count). The normalized spacial score (nSPS) is 25.2. The van der Waals surface area contributed by atoms with Crippen LogP contribution in [0.3, 0.4) is 0 Å². The van der Waals surface area contributed by atoms with E-state index in [9.17, 15) is 14.4 Å². The molecular formula is C45H55ClFN7O3. The molecule has 2 atom stereocenters. The van der Waals surface area contributed by atoms with Crippen molar-refractivity contribution in [3.05, 3.63) is 83.1 Å². The van der Waals surface area contributed by atoms with Crippen molar-refractivity contribution >= 4 is 52.1 Å². The molecule has 6 fully saturated rings. The summed E-state index contributed by atoms with van der Waals surface area (Å²) in [5.74, 6) is -0.826. The highest BCUT2D eigenvalue weighted by molar-refractivity contribution is 6.30. The number of amides is 3. The van der Waals surface area contributed by atoms with Crippen molar-refractivity contribution in [1.82, 2.24) is 15.1 Å². The number of hydrogen-bond acceptors (Lipinski definition) is 8. The fourth-order valence-electron chi connectivity index (χ4n) is 10.9. The van der Waals surface area contributed by atoms with E-state index in [1.807, 2.05) is 41.3 Å². The molecule has 1 saturated carbocycles. The van der Waals surface area contributed by atoms with Crippen LogP contribution in [0.2, 0.25) is 5.02 Å². The maximum absolute atomic E-state index is 15.7. The van der Waals surface area contributed by atoms with Crippen molar-refractivity contribution in [2.75, 3.05) is 78.9 Å². The average Bonchev–Trinajstić information content (AvgIpc) is 3.53. The zero-order valence-corrected chi connectivity index (χ0v) is 33.8. The number of piperazine rings is 1. The SMILES string of the molecule is C[C@H]1CC2(CCN(c3ccc(C(=O)N4CCC5(CC4)CC(N4CCN(c6cccc(NC7CCC(=O)NC7=O)c6)CC4)C5)cc3F)CC2)CN1c1cccc(Cl)c1. The number of carbonyl (C=O) groups is 3. The molecule has 6 aliphatic rings. The number of rotatable bonds is 7. The van der Waals surface area contributed by atoms with Crippen molar-refractivity contribution in [1.29, 1.82) is 0 Å². The molecule has 0 radical (unpaired) electrons. The van der Waals surface area contributed by atoms with Crippen LogP contribution in [0.4, 0.5) is 27.1 Å². The predicted molar refractivity (Wildman–Crippen MR) is 224 cm³/mol. The van der Waals surface area contributed by atoms with Crippen molar-refractivity contribution in [2.24, 2.45) is 10.8 Å². The molecule has 2 N–H and O–H groups in total. The van der Waals surface area contributed by atoms with Crippen LogP contribution in [-0.4, -0.2) is 105 Å². The van der Waals surface area contributed by atoms with Gasteiger partial charge in [0.25, 0.3) is 5.91 Å². The van der Waals surface area contributed by atoms with Crippen LogP contribution in [0.5, 0.6) is 0 Å². The summed E-state index contributed by atoms with van der Waals surface area (Å²) in [6.45, 7) is 10.3. The fourth-order valence-corrected chi connectivity index (χ4v) is 11.1. The maximum Gasteiger partial charge on any atom is 0.253 e. The van der Waals surface area contributed by atoms with Crippen LogP contribution < -0.4 is 25.3 Å². The van der Waals surface area contributed by atoms with Crippen LogP contribution in [0.1, 0.15) is 75.1 Å². The number of piperidine rings is 3. The first-order valence-electron chi connectivity index (χ1n) is 21.1. The second-order valence-electron chi connectivity index (χ2n) is 17.9. The minimum Gasteiger partial charge on any atom is -0.374 e. The van der Waals surface area contributed by atoms with Gasteiger partial charge in [-0.1, -0.05) is 23.7 Å². The van der Waals surface area contributed by atoms with Gasteiger partial charge < -0.3 is 24.9 Å². The molecular weight excluding hydrogens is 741 g/mol. The largest absolute Gasteiger partial charge is 0.374 e. The number of hydrogen-bond donors (Lipinski definition) is 2. The Morgan fingerprint density at radius 3 is 2.25 bits per heavy atom. The number of likely N-dealkylation sites (tertiary alicyclic amines) is 1. The fraction of sp³-hybridized carbons (Fsp3) is 0.533. The Balaban J connectivity index is 0.721. The van der Waals surface area contributed by atoms with Crippen molar-refractivity contribution in [2.45, 2.75) is 82.8 Å². The van der Waals surface area contributed by atoms with Gasteiger partial charge in [-0.25, -0.2) is 4.39 Å². The third-order valence-corrected chi connectivity index (χ3v) is 14.6. The Bertz CT molecular complexity index is 2000. The quantitative estimate of drug-likeness (QED) is 0.253. The molecule has 5 heterocycles. The summed E-state index contributed by atoms with van der Waals surface area (Å²) in [6, 6.07) is 22.1. The highest BCUT2D eigenvalue weighted by Crippen LogP contribution is 2.51. The molecule has 3 amide bonds. The lowest BCUT2D eigenvalue weighted by Crippen LogP contribution is -2.59. The molecule has 10 nitrogen and oxygen atoms in total. The van der Waals surface area contributed by atoms with Gasteiger partial charge in [0.1, 0.15) is 11.9 Å². The van der Waals surface area contributed by atoms with Gasteiger partial charge in [0.2, 0.25) is 11.8 Å². The number of nitrogens with one attached hydrogen (secondary N) is 2. The summed E-state index contributed by atoms with van der Waals surface area (Å²) >= 11 is 6.31. The molecule has 57 heavy (non-hydrogen) atoms. The highest BCUT2D eigenvalue weighted by atomic mass is 35.5. The van der Waals surface area contributed by atoms with Crippen LogP contribution in [-0.2, 0) is 9.59 Å². The third kappa shape index (κ3) is 7.81. The molecule has 1 unspecified atom stereocenters. The van der Waals surface area contributed by atoms with Gasteiger partial charge in [-0.05, 0) is 124 Å². The van der Waals surface area contributed by atoms with E-state index in [1.54, 1.807) is 0 Å². The lowest BCUT2D eigenvalue weighted by Gasteiger charge is -2.56. The molecule has 0 bridgehead atoms. The number of halogens is 2. The molecule has 5 saturated heterocycles. The molecule has 1 aliphatic carbocycles. The van der Waals surface area contributed by atoms with E-state index < -0.39 is 6.04 Å². The van der Waals surface area contributed by atoms with Gasteiger partial charge in [0.15, 0.2) is 0 Å². The lowest BCUT2D eigenvalue weighted by atomic mass is 9.60. The first-order valence-corrected chi connectivity index (χ1v) is 21.5. The number of carbonyl (C=O) groups excluding carboxylic acids is 3. The van der Waals surface area contributed by atoms with E-state index in [2.05, 4.69) is 61.4 Å². The summed E-state index contributed by atoms with van der Waals surface area (Å²) in [4.78, 5) is 49.0. The first kappa shape index (κ1) is 38.2. The number of imide groups is 1. The Morgan fingerprint density at radius 1 is 0.807 bits per heavy atom. The summed E-state index contributed by atoms with van der Waals surface area (Å²) in [7, 11) is 0. The first-order chi connectivity index (χ1) is 27.5.